The molecule has 2 aliphatic rings. The number of aromatic nitrogens is 3. The largest absolute Gasteiger partial charge is 0.481 e. The number of pyridine rings is 1. The Bertz CT molecular complexity index is 1410. The Labute approximate surface area is 236 Å². The maximum atomic E-state index is 11.9. The quantitative estimate of drug-likeness (QED) is 0.440. The molecule has 0 saturated carbocycles. The van der Waals surface area contributed by atoms with Gasteiger partial charge in [0.05, 0.1) is 26.3 Å². The molecule has 2 aliphatic heterocycles. The van der Waals surface area contributed by atoms with E-state index in [-0.39, 0.29) is 17.8 Å². The molecule has 2 aromatic heterocycles. The molecule has 0 amide bonds. The number of anilines is 2. The summed E-state index contributed by atoms with van der Waals surface area (Å²) >= 11 is 0. The topological polar surface area (TPSA) is 101 Å². The van der Waals surface area contributed by atoms with Crippen LogP contribution in [0.5, 0.6) is 11.9 Å². The molecule has 40 heavy (non-hydrogen) atoms. The predicted octanol–water partition coefficient (Wildman–Crippen LogP) is 4.99. The van der Waals surface area contributed by atoms with Crippen molar-refractivity contribution in [1.29, 1.82) is 0 Å². The number of ether oxygens (including phenoxy) is 2. The van der Waals surface area contributed by atoms with Gasteiger partial charge >= 0.3 is 12.0 Å². The molecule has 1 N–H and O–H groups in total. The fourth-order valence-electron chi connectivity index (χ4n) is 5.92. The molecule has 0 bridgehead atoms. The lowest BCUT2D eigenvalue weighted by Crippen LogP contribution is -2.38. The van der Waals surface area contributed by atoms with Crippen molar-refractivity contribution in [2.45, 2.75) is 59.9 Å². The van der Waals surface area contributed by atoms with E-state index in [0.29, 0.717) is 12.4 Å². The van der Waals surface area contributed by atoms with E-state index in [0.717, 1.165) is 78.5 Å². The molecule has 0 atom stereocenters. The van der Waals surface area contributed by atoms with Crippen LogP contribution in [0.3, 0.4) is 0 Å². The monoisotopic (exact) mass is 545 g/mol. The van der Waals surface area contributed by atoms with Crippen molar-refractivity contribution in [2.75, 3.05) is 43.7 Å². The molecule has 3 aromatic rings. The third kappa shape index (κ3) is 5.55. The second-order valence-corrected chi connectivity index (χ2v) is 11.6. The lowest BCUT2D eigenvalue weighted by atomic mass is 9.82. The Morgan fingerprint density at radius 1 is 0.950 bits per heavy atom. The zero-order chi connectivity index (χ0) is 28.6. The van der Waals surface area contributed by atoms with Crippen molar-refractivity contribution in [3.05, 3.63) is 52.3 Å². The average Bonchev–Trinajstić information content (AvgIpc) is 2.93. The highest BCUT2D eigenvalue weighted by atomic mass is 16.5. The Balaban J connectivity index is 1.53. The summed E-state index contributed by atoms with van der Waals surface area (Å²) in [6.45, 7) is 11.9. The second-order valence-electron chi connectivity index (χ2n) is 11.6. The second kappa shape index (κ2) is 10.9. The maximum absolute atomic E-state index is 11.9. The maximum Gasteiger partial charge on any atom is 0.321 e. The number of hydrogen-bond acceptors (Lipinski definition) is 8. The van der Waals surface area contributed by atoms with Gasteiger partial charge in [-0.15, -0.1) is 0 Å². The molecule has 1 saturated heterocycles. The first-order valence-corrected chi connectivity index (χ1v) is 13.9. The van der Waals surface area contributed by atoms with Crippen LogP contribution in [-0.2, 0) is 24.2 Å². The number of benzene rings is 1. The van der Waals surface area contributed by atoms with Gasteiger partial charge in [-0.3, -0.25) is 9.78 Å². The van der Waals surface area contributed by atoms with Crippen LogP contribution in [0.1, 0.15) is 54.8 Å². The van der Waals surface area contributed by atoms with E-state index in [2.05, 4.69) is 51.8 Å². The van der Waals surface area contributed by atoms with E-state index < -0.39 is 5.97 Å². The SMILES string of the molecule is COc1cc(N2CCc3cc(-c4c(C)nc(C)c(CC(=O)O)c4N4CCC(C)(C)CC4)ccc3C2)nc(OC)n1. The Hall–Kier alpha value is -3.88. The van der Waals surface area contributed by atoms with Gasteiger partial charge in [-0.1, -0.05) is 32.0 Å². The minimum atomic E-state index is -0.832. The standard InChI is InChI=1S/C31H39N5O4/c1-19-24(16-27(37)38)29(35-13-10-31(3,4)11-14-35)28(20(2)32-19)22-7-8-23-18-36(12-9-21(23)15-22)25-17-26(39-5)34-30(33-25)40-6/h7-8,15,17H,9-14,16,18H2,1-6H3,(H,37,38). The van der Waals surface area contributed by atoms with Crippen molar-refractivity contribution < 1.29 is 19.4 Å². The number of aryl methyl sites for hydroxylation is 2. The third-order valence-corrected chi connectivity index (χ3v) is 8.31. The summed E-state index contributed by atoms with van der Waals surface area (Å²) in [5, 5.41) is 9.80. The van der Waals surface area contributed by atoms with Crippen molar-refractivity contribution in [3.63, 3.8) is 0 Å². The minimum Gasteiger partial charge on any atom is -0.481 e. The average molecular weight is 546 g/mol. The first-order valence-electron chi connectivity index (χ1n) is 13.9. The molecule has 9 nitrogen and oxygen atoms in total. The van der Waals surface area contributed by atoms with Gasteiger partial charge in [0.1, 0.15) is 5.82 Å². The van der Waals surface area contributed by atoms with E-state index in [1.165, 1.54) is 11.1 Å². The molecule has 0 unspecified atom stereocenters. The highest BCUT2D eigenvalue weighted by Crippen LogP contribution is 2.42. The molecule has 212 valence electrons. The van der Waals surface area contributed by atoms with Crippen LogP contribution >= 0.6 is 0 Å². The summed E-state index contributed by atoms with van der Waals surface area (Å²) in [6, 6.07) is 8.73. The molecule has 0 radical (unpaired) electrons. The molecule has 4 heterocycles. The first-order chi connectivity index (χ1) is 19.1. The third-order valence-electron chi connectivity index (χ3n) is 8.31. The molecule has 9 heteroatoms. The molecule has 5 rings (SSSR count). The smallest absolute Gasteiger partial charge is 0.321 e. The van der Waals surface area contributed by atoms with Gasteiger partial charge in [-0.25, -0.2) is 0 Å². The number of aliphatic carboxylic acids is 1. The number of fused-ring (bicyclic) bond motifs is 1. The fraction of sp³-hybridized carbons (Fsp3) is 0.484. The van der Waals surface area contributed by atoms with Gasteiger partial charge in [-0.2, -0.15) is 9.97 Å². The van der Waals surface area contributed by atoms with E-state index in [1.807, 2.05) is 19.9 Å². The molecular weight excluding hydrogens is 506 g/mol. The number of hydrogen-bond donors (Lipinski definition) is 1. The van der Waals surface area contributed by atoms with E-state index in [4.69, 9.17) is 14.5 Å². The van der Waals surface area contributed by atoms with Crippen LogP contribution in [0.4, 0.5) is 11.5 Å². The summed E-state index contributed by atoms with van der Waals surface area (Å²) in [4.78, 5) is 30.2. The molecule has 1 aromatic carbocycles. The summed E-state index contributed by atoms with van der Waals surface area (Å²) in [5.41, 5.74) is 8.55. The number of nitrogens with zero attached hydrogens (tertiary/aromatic N) is 5. The number of rotatable bonds is 7. The Kier molecular flexibility index (Phi) is 7.57. The van der Waals surface area contributed by atoms with Crippen LogP contribution in [-0.4, -0.2) is 59.9 Å². The normalized spacial score (nSPS) is 16.4. The van der Waals surface area contributed by atoms with Crippen molar-refractivity contribution >= 4 is 17.5 Å². The zero-order valence-electron chi connectivity index (χ0n) is 24.4. The lowest BCUT2D eigenvalue weighted by Gasteiger charge is -2.40. The fourth-order valence-corrected chi connectivity index (χ4v) is 5.92. The Morgan fingerprint density at radius 3 is 2.38 bits per heavy atom. The first kappa shape index (κ1) is 27.7. The summed E-state index contributed by atoms with van der Waals surface area (Å²) < 4.78 is 10.6. The predicted molar refractivity (Wildman–Crippen MR) is 156 cm³/mol. The molecule has 1 fully saturated rings. The summed E-state index contributed by atoms with van der Waals surface area (Å²) in [7, 11) is 3.13. The summed E-state index contributed by atoms with van der Waals surface area (Å²) in [5.74, 6) is 0.406. The van der Waals surface area contributed by atoms with Gasteiger partial charge in [0, 0.05) is 54.8 Å². The van der Waals surface area contributed by atoms with Crippen LogP contribution in [0.2, 0.25) is 0 Å². The Morgan fingerprint density at radius 2 is 1.70 bits per heavy atom. The number of carboxylic acid groups (broad SMARTS) is 1. The van der Waals surface area contributed by atoms with Gasteiger partial charge in [0.15, 0.2) is 0 Å². The lowest BCUT2D eigenvalue weighted by molar-refractivity contribution is -0.136. The highest BCUT2D eigenvalue weighted by Gasteiger charge is 2.30. The minimum absolute atomic E-state index is 0.0346. The van der Waals surface area contributed by atoms with E-state index in [1.54, 1.807) is 14.2 Å². The van der Waals surface area contributed by atoms with Crippen molar-refractivity contribution in [3.8, 4) is 23.0 Å². The molecule has 0 aliphatic carbocycles. The van der Waals surface area contributed by atoms with Crippen LogP contribution in [0, 0.1) is 19.3 Å². The molecular formula is C31H39N5O4. The van der Waals surface area contributed by atoms with Crippen LogP contribution < -0.4 is 19.3 Å². The number of carbonyl (C=O) groups is 1. The number of methoxy groups -OCH3 is 2. The van der Waals surface area contributed by atoms with Crippen LogP contribution in [0.15, 0.2) is 24.3 Å². The number of carboxylic acids is 1. The number of piperidine rings is 1. The van der Waals surface area contributed by atoms with Crippen molar-refractivity contribution in [1.82, 2.24) is 15.0 Å². The van der Waals surface area contributed by atoms with Gasteiger partial charge in [0.2, 0.25) is 5.88 Å². The van der Waals surface area contributed by atoms with Gasteiger partial charge in [0.25, 0.3) is 0 Å². The van der Waals surface area contributed by atoms with E-state index in [9.17, 15) is 9.90 Å². The van der Waals surface area contributed by atoms with Gasteiger partial charge in [-0.05, 0) is 55.2 Å². The van der Waals surface area contributed by atoms with Crippen LogP contribution in [0.25, 0.3) is 11.1 Å². The van der Waals surface area contributed by atoms with Crippen molar-refractivity contribution in [2.24, 2.45) is 5.41 Å². The zero-order valence-corrected chi connectivity index (χ0v) is 24.4. The molecule has 0 spiro atoms. The van der Waals surface area contributed by atoms with E-state index >= 15 is 0 Å². The summed E-state index contributed by atoms with van der Waals surface area (Å²) in [6.07, 6.45) is 2.95. The highest BCUT2D eigenvalue weighted by molar-refractivity contribution is 5.86. The van der Waals surface area contributed by atoms with Gasteiger partial charge < -0.3 is 24.4 Å².